The zero-order valence-corrected chi connectivity index (χ0v) is 11.2. The molecule has 1 unspecified atom stereocenters. The summed E-state index contributed by atoms with van der Waals surface area (Å²) < 4.78 is 11.1. The molecule has 5 heteroatoms. The maximum atomic E-state index is 11.2. The van der Waals surface area contributed by atoms with E-state index in [1.165, 1.54) is 0 Å². The van der Waals surface area contributed by atoms with E-state index in [0.717, 1.165) is 12.8 Å². The maximum absolute atomic E-state index is 11.2. The molecular formula is C13H19NO4. The van der Waals surface area contributed by atoms with E-state index in [1.54, 1.807) is 0 Å². The standard InChI is InChI=1S/C13H19NO4/c1-12(2,3)9-8(10(15)16)18-11(14-9)13(4)6-5-7-17-13/h5-7H2,1-4H3,(H,15,16). The lowest BCUT2D eigenvalue weighted by molar-refractivity contribution is -0.00631. The van der Waals surface area contributed by atoms with Crippen molar-refractivity contribution in [2.75, 3.05) is 6.61 Å². The molecule has 0 radical (unpaired) electrons. The molecule has 0 bridgehead atoms. The summed E-state index contributed by atoms with van der Waals surface area (Å²) in [5.74, 6) is -0.781. The number of carboxylic acid groups (broad SMARTS) is 1. The van der Waals surface area contributed by atoms with Crippen molar-refractivity contribution in [3.05, 3.63) is 17.3 Å². The molecular weight excluding hydrogens is 234 g/mol. The molecule has 1 aromatic rings. The van der Waals surface area contributed by atoms with Crippen LogP contribution in [0.3, 0.4) is 0 Å². The Kier molecular flexibility index (Phi) is 2.97. The summed E-state index contributed by atoms with van der Waals surface area (Å²) in [5.41, 5.74) is -0.486. The van der Waals surface area contributed by atoms with E-state index in [4.69, 9.17) is 9.15 Å². The molecule has 1 atom stereocenters. The first-order valence-corrected chi connectivity index (χ1v) is 6.13. The van der Waals surface area contributed by atoms with Gasteiger partial charge in [0.25, 0.3) is 0 Å². The van der Waals surface area contributed by atoms with Crippen molar-refractivity contribution in [3.63, 3.8) is 0 Å². The van der Waals surface area contributed by atoms with Gasteiger partial charge in [-0.15, -0.1) is 0 Å². The van der Waals surface area contributed by atoms with E-state index in [1.807, 2.05) is 27.7 Å². The van der Waals surface area contributed by atoms with Gasteiger partial charge < -0.3 is 14.3 Å². The van der Waals surface area contributed by atoms with Crippen LogP contribution in [0.25, 0.3) is 0 Å². The molecule has 2 heterocycles. The third-order valence-corrected chi connectivity index (χ3v) is 3.20. The van der Waals surface area contributed by atoms with E-state index in [0.29, 0.717) is 18.2 Å². The highest BCUT2D eigenvalue weighted by molar-refractivity contribution is 5.86. The Hall–Kier alpha value is -1.36. The molecule has 1 aromatic heterocycles. The van der Waals surface area contributed by atoms with Crippen molar-refractivity contribution in [2.45, 2.75) is 51.6 Å². The fourth-order valence-corrected chi connectivity index (χ4v) is 2.15. The van der Waals surface area contributed by atoms with Gasteiger partial charge in [-0.05, 0) is 19.8 Å². The van der Waals surface area contributed by atoms with Crippen molar-refractivity contribution in [2.24, 2.45) is 0 Å². The first-order chi connectivity index (χ1) is 8.24. The van der Waals surface area contributed by atoms with Crippen molar-refractivity contribution in [1.82, 2.24) is 4.98 Å². The van der Waals surface area contributed by atoms with Crippen LogP contribution in [0.1, 0.15) is 62.7 Å². The molecule has 1 N–H and O–H groups in total. The second-order valence-electron chi connectivity index (χ2n) is 5.93. The average molecular weight is 253 g/mol. The lowest BCUT2D eigenvalue weighted by Gasteiger charge is -2.18. The van der Waals surface area contributed by atoms with Crippen LogP contribution < -0.4 is 0 Å². The molecule has 1 aliphatic rings. The zero-order chi connectivity index (χ0) is 13.6. The van der Waals surface area contributed by atoms with E-state index in [9.17, 15) is 9.90 Å². The van der Waals surface area contributed by atoms with Gasteiger partial charge in [0, 0.05) is 12.0 Å². The fourth-order valence-electron chi connectivity index (χ4n) is 2.15. The number of aromatic carboxylic acids is 1. The quantitative estimate of drug-likeness (QED) is 0.877. The summed E-state index contributed by atoms with van der Waals surface area (Å²) in [4.78, 5) is 15.6. The third kappa shape index (κ3) is 2.14. The molecule has 1 aliphatic heterocycles. The van der Waals surface area contributed by atoms with Crippen LogP contribution in [0.15, 0.2) is 4.42 Å². The number of aromatic nitrogens is 1. The fraction of sp³-hybridized carbons (Fsp3) is 0.692. The van der Waals surface area contributed by atoms with Gasteiger partial charge in [-0.1, -0.05) is 20.8 Å². The second-order valence-corrected chi connectivity index (χ2v) is 5.93. The number of carbonyl (C=O) groups is 1. The second kappa shape index (κ2) is 4.09. The SMILES string of the molecule is CC(C)(C)c1nc(C2(C)CCCO2)oc1C(=O)O. The molecule has 0 aliphatic carbocycles. The lowest BCUT2D eigenvalue weighted by atomic mass is 9.91. The molecule has 0 aromatic carbocycles. The smallest absolute Gasteiger partial charge is 0.373 e. The number of oxazole rings is 1. The number of carboxylic acids is 1. The normalized spacial score (nSPS) is 24.4. The molecule has 2 rings (SSSR count). The zero-order valence-electron chi connectivity index (χ0n) is 11.2. The van der Waals surface area contributed by atoms with Crippen molar-refractivity contribution in [1.29, 1.82) is 0 Å². The monoisotopic (exact) mass is 253 g/mol. The first kappa shape index (κ1) is 13.1. The van der Waals surface area contributed by atoms with E-state index >= 15 is 0 Å². The van der Waals surface area contributed by atoms with Gasteiger partial charge in [-0.3, -0.25) is 0 Å². The lowest BCUT2D eigenvalue weighted by Crippen LogP contribution is -2.21. The molecule has 18 heavy (non-hydrogen) atoms. The number of hydrogen-bond acceptors (Lipinski definition) is 4. The van der Waals surface area contributed by atoms with Crippen molar-refractivity contribution in [3.8, 4) is 0 Å². The number of nitrogens with zero attached hydrogens (tertiary/aromatic N) is 1. The molecule has 0 saturated carbocycles. The van der Waals surface area contributed by atoms with E-state index in [-0.39, 0.29) is 11.2 Å². The minimum absolute atomic E-state index is 0.0748. The van der Waals surface area contributed by atoms with Gasteiger partial charge >= 0.3 is 5.97 Å². The maximum Gasteiger partial charge on any atom is 0.373 e. The van der Waals surface area contributed by atoms with Crippen molar-refractivity contribution < 1.29 is 19.1 Å². The highest BCUT2D eigenvalue weighted by Crippen LogP contribution is 2.37. The van der Waals surface area contributed by atoms with Crippen LogP contribution in [-0.4, -0.2) is 22.7 Å². The number of ether oxygens (including phenoxy) is 1. The Morgan fingerprint density at radius 2 is 2.11 bits per heavy atom. The Morgan fingerprint density at radius 1 is 1.44 bits per heavy atom. The van der Waals surface area contributed by atoms with Crippen molar-refractivity contribution >= 4 is 5.97 Å². The minimum atomic E-state index is -1.08. The van der Waals surface area contributed by atoms with Crippen LogP contribution >= 0.6 is 0 Å². The largest absolute Gasteiger partial charge is 0.475 e. The summed E-state index contributed by atoms with van der Waals surface area (Å²) in [6, 6.07) is 0. The Morgan fingerprint density at radius 3 is 2.50 bits per heavy atom. The number of rotatable bonds is 2. The molecule has 0 spiro atoms. The molecule has 1 fully saturated rings. The minimum Gasteiger partial charge on any atom is -0.475 e. The van der Waals surface area contributed by atoms with Gasteiger partial charge in [0.1, 0.15) is 5.60 Å². The highest BCUT2D eigenvalue weighted by atomic mass is 16.5. The predicted octanol–water partition coefficient (Wildman–Crippen LogP) is 2.70. The van der Waals surface area contributed by atoms with Crippen LogP contribution in [0.5, 0.6) is 0 Å². The van der Waals surface area contributed by atoms with Crippen LogP contribution in [-0.2, 0) is 15.8 Å². The van der Waals surface area contributed by atoms with Crippen LogP contribution in [0.4, 0.5) is 0 Å². The summed E-state index contributed by atoms with van der Waals surface area (Å²) in [6.45, 7) is 8.30. The Labute approximate surface area is 106 Å². The average Bonchev–Trinajstić information content (AvgIpc) is 2.82. The van der Waals surface area contributed by atoms with Gasteiger partial charge in [-0.25, -0.2) is 9.78 Å². The van der Waals surface area contributed by atoms with Crippen LogP contribution in [0.2, 0.25) is 0 Å². The molecule has 0 amide bonds. The predicted molar refractivity (Wildman–Crippen MR) is 64.7 cm³/mol. The molecule has 1 saturated heterocycles. The Bertz CT molecular complexity index is 464. The third-order valence-electron chi connectivity index (χ3n) is 3.20. The number of hydrogen-bond donors (Lipinski definition) is 1. The summed E-state index contributed by atoms with van der Waals surface area (Å²) in [6.07, 6.45) is 1.74. The topological polar surface area (TPSA) is 72.6 Å². The summed E-state index contributed by atoms with van der Waals surface area (Å²) >= 11 is 0. The van der Waals surface area contributed by atoms with Gasteiger partial charge in [0.05, 0.1) is 5.69 Å². The van der Waals surface area contributed by atoms with Gasteiger partial charge in [0.2, 0.25) is 11.7 Å². The van der Waals surface area contributed by atoms with E-state index < -0.39 is 11.6 Å². The molecule has 100 valence electrons. The van der Waals surface area contributed by atoms with E-state index in [2.05, 4.69) is 4.98 Å². The van der Waals surface area contributed by atoms with Gasteiger partial charge in [0.15, 0.2) is 0 Å². The summed E-state index contributed by atoms with van der Waals surface area (Å²) in [5, 5.41) is 9.19. The molecule has 5 nitrogen and oxygen atoms in total. The van der Waals surface area contributed by atoms with Gasteiger partial charge in [-0.2, -0.15) is 0 Å². The highest BCUT2D eigenvalue weighted by Gasteiger charge is 2.40. The Balaban J connectivity index is 2.49. The van der Waals surface area contributed by atoms with Crippen LogP contribution in [0, 0.1) is 0 Å². The summed E-state index contributed by atoms with van der Waals surface area (Å²) in [7, 11) is 0. The first-order valence-electron chi connectivity index (χ1n) is 6.13.